The lowest BCUT2D eigenvalue weighted by atomic mass is 10.1. The van der Waals surface area contributed by atoms with Gasteiger partial charge in [-0.1, -0.05) is 41.4 Å². The highest BCUT2D eigenvalue weighted by Crippen LogP contribution is 2.18. The van der Waals surface area contributed by atoms with Gasteiger partial charge in [0.15, 0.2) is 0 Å². The third kappa shape index (κ3) is 2.36. The molecule has 1 N–H and O–H groups in total. The van der Waals surface area contributed by atoms with Crippen molar-refractivity contribution in [1.29, 1.82) is 0 Å². The van der Waals surface area contributed by atoms with E-state index >= 15 is 0 Å². The number of hydrogen-bond donors (Lipinski definition) is 1. The van der Waals surface area contributed by atoms with Crippen LogP contribution in [0.2, 0.25) is 5.02 Å². The van der Waals surface area contributed by atoms with E-state index in [1.165, 1.54) is 0 Å². The second-order valence-corrected chi connectivity index (χ2v) is 3.02. The van der Waals surface area contributed by atoms with Crippen molar-refractivity contribution in [2.75, 3.05) is 6.61 Å². The lowest BCUT2D eigenvalue weighted by Gasteiger charge is -1.98. The molecule has 0 atom stereocenters. The Morgan fingerprint density at radius 3 is 2.92 bits per heavy atom. The van der Waals surface area contributed by atoms with Gasteiger partial charge in [0.05, 0.1) is 6.61 Å². The van der Waals surface area contributed by atoms with Gasteiger partial charge in [0.25, 0.3) is 0 Å². The van der Waals surface area contributed by atoms with E-state index in [0.717, 1.165) is 11.1 Å². The lowest BCUT2D eigenvalue weighted by Crippen LogP contribution is -1.79. The fourth-order valence-corrected chi connectivity index (χ4v) is 1.15. The minimum atomic E-state index is 0.0459. The zero-order chi connectivity index (χ0) is 8.97. The molecule has 0 fully saturated rings. The molecular weight excluding hydrogens is 172 g/mol. The minimum Gasteiger partial charge on any atom is -0.392 e. The maximum Gasteiger partial charge on any atom is 0.0615 e. The van der Waals surface area contributed by atoms with Crippen LogP contribution in [0.3, 0.4) is 0 Å². The third-order valence-corrected chi connectivity index (χ3v) is 1.90. The zero-order valence-electron chi connectivity index (χ0n) is 6.92. The average molecular weight is 183 g/mol. The summed E-state index contributed by atoms with van der Waals surface area (Å²) in [4.78, 5) is 0. The van der Waals surface area contributed by atoms with Crippen LogP contribution in [0.5, 0.6) is 0 Å². The first-order valence-corrected chi connectivity index (χ1v) is 4.15. The SMILES string of the molecule is Cc1ccc(Cl)c(/C=C/CO)c1. The molecule has 0 bridgehead atoms. The van der Waals surface area contributed by atoms with Crippen molar-refractivity contribution in [1.82, 2.24) is 0 Å². The van der Waals surface area contributed by atoms with Gasteiger partial charge in [0, 0.05) is 5.02 Å². The van der Waals surface area contributed by atoms with E-state index < -0.39 is 0 Å². The smallest absolute Gasteiger partial charge is 0.0615 e. The molecule has 2 heteroatoms. The van der Waals surface area contributed by atoms with Gasteiger partial charge in [-0.3, -0.25) is 0 Å². The fourth-order valence-electron chi connectivity index (χ4n) is 0.971. The summed E-state index contributed by atoms with van der Waals surface area (Å²) < 4.78 is 0. The predicted molar refractivity (Wildman–Crippen MR) is 52.3 cm³/mol. The second kappa shape index (κ2) is 4.29. The quantitative estimate of drug-likeness (QED) is 0.746. The topological polar surface area (TPSA) is 20.2 Å². The molecule has 0 saturated heterocycles. The average Bonchev–Trinajstić information content (AvgIpc) is 2.07. The van der Waals surface area contributed by atoms with Crippen molar-refractivity contribution in [3.8, 4) is 0 Å². The van der Waals surface area contributed by atoms with Gasteiger partial charge in [-0.2, -0.15) is 0 Å². The highest BCUT2D eigenvalue weighted by atomic mass is 35.5. The normalized spacial score (nSPS) is 10.9. The molecule has 0 aromatic heterocycles. The molecule has 0 heterocycles. The van der Waals surface area contributed by atoms with Crippen LogP contribution in [0.4, 0.5) is 0 Å². The first kappa shape index (κ1) is 9.30. The highest BCUT2D eigenvalue weighted by Gasteiger charge is 1.94. The summed E-state index contributed by atoms with van der Waals surface area (Å²) in [7, 11) is 0. The summed E-state index contributed by atoms with van der Waals surface area (Å²) in [5.74, 6) is 0. The van der Waals surface area contributed by atoms with Crippen LogP contribution in [0.15, 0.2) is 24.3 Å². The molecule has 0 saturated carbocycles. The van der Waals surface area contributed by atoms with Gasteiger partial charge in [0.2, 0.25) is 0 Å². The summed E-state index contributed by atoms with van der Waals surface area (Å²) in [5.41, 5.74) is 2.11. The summed E-state index contributed by atoms with van der Waals surface area (Å²) in [5, 5.41) is 9.27. The molecule has 0 unspecified atom stereocenters. The fraction of sp³-hybridized carbons (Fsp3) is 0.200. The molecule has 0 aliphatic carbocycles. The van der Waals surface area contributed by atoms with E-state index in [9.17, 15) is 0 Å². The van der Waals surface area contributed by atoms with Crippen molar-refractivity contribution < 1.29 is 5.11 Å². The van der Waals surface area contributed by atoms with Gasteiger partial charge >= 0.3 is 0 Å². The van der Waals surface area contributed by atoms with Gasteiger partial charge < -0.3 is 5.11 Å². The largest absolute Gasteiger partial charge is 0.392 e. The first-order valence-electron chi connectivity index (χ1n) is 3.77. The summed E-state index contributed by atoms with van der Waals surface area (Å²) in [6.45, 7) is 2.05. The van der Waals surface area contributed by atoms with Gasteiger partial charge in [0.1, 0.15) is 0 Å². The van der Waals surface area contributed by atoms with Crippen molar-refractivity contribution in [2.24, 2.45) is 0 Å². The molecule has 0 amide bonds. The van der Waals surface area contributed by atoms with Crippen LogP contribution < -0.4 is 0 Å². The number of aliphatic hydroxyl groups excluding tert-OH is 1. The van der Waals surface area contributed by atoms with Crippen LogP contribution in [0.1, 0.15) is 11.1 Å². The van der Waals surface area contributed by atoms with Crippen LogP contribution in [-0.2, 0) is 0 Å². The van der Waals surface area contributed by atoms with Crippen molar-refractivity contribution in [3.05, 3.63) is 40.4 Å². The monoisotopic (exact) mass is 182 g/mol. The Balaban J connectivity index is 2.97. The van der Waals surface area contributed by atoms with E-state index in [-0.39, 0.29) is 6.61 Å². The maximum absolute atomic E-state index is 8.56. The summed E-state index contributed by atoms with van der Waals surface area (Å²) >= 11 is 5.90. The standard InChI is InChI=1S/C10H11ClO/c1-8-4-5-10(11)9(7-8)3-2-6-12/h2-5,7,12H,6H2,1H3/b3-2+. The molecule has 0 aliphatic rings. The van der Waals surface area contributed by atoms with Gasteiger partial charge in [-0.15, -0.1) is 0 Å². The first-order chi connectivity index (χ1) is 5.74. The van der Waals surface area contributed by atoms with Crippen molar-refractivity contribution in [3.63, 3.8) is 0 Å². The number of aryl methyl sites for hydroxylation is 1. The Morgan fingerprint density at radius 2 is 2.25 bits per heavy atom. The second-order valence-electron chi connectivity index (χ2n) is 2.61. The molecule has 64 valence electrons. The van der Waals surface area contributed by atoms with E-state index in [1.807, 2.05) is 31.2 Å². The minimum absolute atomic E-state index is 0.0459. The molecule has 0 spiro atoms. The van der Waals surface area contributed by atoms with Gasteiger partial charge in [-0.25, -0.2) is 0 Å². The number of halogens is 1. The summed E-state index contributed by atoms with van der Waals surface area (Å²) in [6.07, 6.45) is 3.48. The molecule has 12 heavy (non-hydrogen) atoms. The highest BCUT2D eigenvalue weighted by molar-refractivity contribution is 6.32. The van der Waals surface area contributed by atoms with E-state index in [2.05, 4.69) is 0 Å². The molecule has 1 nitrogen and oxygen atoms in total. The molecule has 0 radical (unpaired) electrons. The maximum atomic E-state index is 8.56. The van der Waals surface area contributed by atoms with Crippen molar-refractivity contribution >= 4 is 17.7 Å². The Kier molecular flexibility index (Phi) is 3.32. The van der Waals surface area contributed by atoms with Crippen LogP contribution >= 0.6 is 11.6 Å². The Hall–Kier alpha value is -0.790. The molecule has 1 aromatic rings. The Labute approximate surface area is 77.3 Å². The predicted octanol–water partition coefficient (Wildman–Crippen LogP) is 2.65. The number of hydrogen-bond acceptors (Lipinski definition) is 1. The lowest BCUT2D eigenvalue weighted by molar-refractivity contribution is 0.343. The van der Waals surface area contributed by atoms with Crippen molar-refractivity contribution in [2.45, 2.75) is 6.92 Å². The van der Waals surface area contributed by atoms with Gasteiger partial charge in [-0.05, 0) is 18.6 Å². The molecule has 1 aromatic carbocycles. The van der Waals surface area contributed by atoms with E-state index in [0.29, 0.717) is 5.02 Å². The molecular formula is C10H11ClO. The number of benzene rings is 1. The third-order valence-electron chi connectivity index (χ3n) is 1.55. The van der Waals surface area contributed by atoms with Crippen LogP contribution in [0, 0.1) is 6.92 Å². The van der Waals surface area contributed by atoms with E-state index in [1.54, 1.807) is 6.08 Å². The van der Waals surface area contributed by atoms with Crippen LogP contribution in [-0.4, -0.2) is 11.7 Å². The molecule has 1 rings (SSSR count). The van der Waals surface area contributed by atoms with Crippen LogP contribution in [0.25, 0.3) is 6.08 Å². The molecule has 0 aliphatic heterocycles. The zero-order valence-corrected chi connectivity index (χ0v) is 7.67. The summed E-state index contributed by atoms with van der Waals surface area (Å²) in [6, 6.07) is 5.79. The Morgan fingerprint density at radius 1 is 1.50 bits per heavy atom. The Bertz CT molecular complexity index is 292. The number of rotatable bonds is 2. The number of aliphatic hydroxyl groups is 1. The van der Waals surface area contributed by atoms with E-state index in [4.69, 9.17) is 16.7 Å².